The smallest absolute Gasteiger partial charge is 0.223 e. The Hall–Kier alpha value is -1.32. The first kappa shape index (κ1) is 19.0. The lowest BCUT2D eigenvalue weighted by atomic mass is 9.69. The summed E-state index contributed by atoms with van der Waals surface area (Å²) in [5.41, 5.74) is 0. The van der Waals surface area contributed by atoms with Crippen molar-refractivity contribution in [1.29, 1.82) is 0 Å². The third-order valence-corrected chi connectivity index (χ3v) is 5.91. The third-order valence-electron chi connectivity index (χ3n) is 5.91. The monoisotopic (exact) mass is 334 g/mol. The molecule has 4 heteroatoms. The Balaban J connectivity index is 2.14. The van der Waals surface area contributed by atoms with Gasteiger partial charge in [0.1, 0.15) is 0 Å². The molecule has 2 rings (SSSR count). The lowest BCUT2D eigenvalue weighted by molar-refractivity contribution is -0.149. The molecule has 0 aromatic heterocycles. The first-order valence-corrected chi connectivity index (χ1v) is 9.72. The van der Waals surface area contributed by atoms with Gasteiger partial charge in [-0.25, -0.2) is 0 Å². The van der Waals surface area contributed by atoms with E-state index in [1.807, 2.05) is 6.08 Å². The number of carbonyl (C=O) groups excluding carboxylic acids is 2. The second-order valence-electron chi connectivity index (χ2n) is 7.65. The molecule has 136 valence electrons. The van der Waals surface area contributed by atoms with Crippen molar-refractivity contribution in [3.8, 4) is 0 Å². The van der Waals surface area contributed by atoms with Crippen LogP contribution in [0.25, 0.3) is 0 Å². The van der Waals surface area contributed by atoms with Crippen molar-refractivity contribution in [2.24, 2.45) is 11.8 Å². The van der Waals surface area contributed by atoms with Gasteiger partial charge in [0.05, 0.1) is 0 Å². The minimum Gasteiger partial charge on any atom is -0.353 e. The Morgan fingerprint density at radius 1 is 1.33 bits per heavy atom. The van der Waals surface area contributed by atoms with E-state index in [1.165, 1.54) is 12.8 Å². The zero-order valence-electron chi connectivity index (χ0n) is 15.6. The molecule has 24 heavy (non-hydrogen) atoms. The van der Waals surface area contributed by atoms with Gasteiger partial charge in [-0.3, -0.25) is 9.59 Å². The van der Waals surface area contributed by atoms with Gasteiger partial charge in [0.25, 0.3) is 0 Å². The number of hydrogen-bond donors (Lipinski definition) is 1. The van der Waals surface area contributed by atoms with Crippen molar-refractivity contribution >= 4 is 11.8 Å². The largest absolute Gasteiger partial charge is 0.353 e. The molecule has 1 aliphatic carbocycles. The third kappa shape index (κ3) is 4.20. The first-order chi connectivity index (χ1) is 11.5. The average molecular weight is 335 g/mol. The van der Waals surface area contributed by atoms with Crippen molar-refractivity contribution < 1.29 is 9.59 Å². The van der Waals surface area contributed by atoms with Crippen molar-refractivity contribution in [3.63, 3.8) is 0 Å². The van der Waals surface area contributed by atoms with E-state index >= 15 is 0 Å². The number of nitrogens with one attached hydrogen (secondary N) is 1. The number of fused-ring (bicyclic) bond motifs is 1. The van der Waals surface area contributed by atoms with E-state index < -0.39 is 0 Å². The van der Waals surface area contributed by atoms with Crippen LogP contribution in [0.15, 0.2) is 12.7 Å². The van der Waals surface area contributed by atoms with Crippen molar-refractivity contribution in [3.05, 3.63) is 12.7 Å². The number of rotatable bonds is 6. The normalized spacial score (nSPS) is 31.0. The fraction of sp³-hybridized carbons (Fsp3) is 0.800. The van der Waals surface area contributed by atoms with Gasteiger partial charge in [-0.2, -0.15) is 0 Å². The van der Waals surface area contributed by atoms with Gasteiger partial charge < -0.3 is 10.2 Å². The van der Waals surface area contributed by atoms with E-state index in [2.05, 4.69) is 37.6 Å². The SMILES string of the molecule is C=CCCC(=O)N1[C@H](C)C[C@H](C(=O)N[C@H](C)CC)[C@H]2CCCC[C@@H]21. The predicted octanol–water partition coefficient (Wildman–Crippen LogP) is 3.66. The van der Waals surface area contributed by atoms with Crippen LogP contribution in [0.3, 0.4) is 0 Å². The summed E-state index contributed by atoms with van der Waals surface area (Å²) >= 11 is 0. The molecule has 0 aromatic carbocycles. The highest BCUT2D eigenvalue weighted by Crippen LogP contribution is 2.42. The fourth-order valence-corrected chi connectivity index (χ4v) is 4.48. The van der Waals surface area contributed by atoms with E-state index in [0.717, 1.165) is 32.1 Å². The number of piperidine rings is 1. The van der Waals surface area contributed by atoms with Crippen LogP contribution in [0.1, 0.15) is 72.1 Å². The van der Waals surface area contributed by atoms with E-state index in [1.54, 1.807) is 0 Å². The maximum absolute atomic E-state index is 12.8. The molecule has 1 saturated heterocycles. The van der Waals surface area contributed by atoms with E-state index in [-0.39, 0.29) is 35.9 Å². The Bertz CT molecular complexity index is 463. The van der Waals surface area contributed by atoms with Gasteiger partial charge in [0.15, 0.2) is 0 Å². The molecule has 0 aromatic rings. The maximum Gasteiger partial charge on any atom is 0.223 e. The van der Waals surface area contributed by atoms with Gasteiger partial charge in [-0.15, -0.1) is 6.58 Å². The van der Waals surface area contributed by atoms with Crippen LogP contribution < -0.4 is 5.32 Å². The van der Waals surface area contributed by atoms with Gasteiger partial charge in [-0.05, 0) is 51.9 Å². The molecule has 0 spiro atoms. The minimum absolute atomic E-state index is 0.0581. The molecule has 2 fully saturated rings. The second kappa shape index (κ2) is 8.68. The van der Waals surface area contributed by atoms with Crippen LogP contribution in [-0.4, -0.2) is 34.8 Å². The molecule has 2 aliphatic rings. The topological polar surface area (TPSA) is 49.4 Å². The number of likely N-dealkylation sites (tertiary alicyclic amines) is 1. The molecule has 4 nitrogen and oxygen atoms in total. The van der Waals surface area contributed by atoms with E-state index in [4.69, 9.17) is 0 Å². The van der Waals surface area contributed by atoms with Crippen LogP contribution in [0.2, 0.25) is 0 Å². The highest BCUT2D eigenvalue weighted by molar-refractivity contribution is 5.81. The van der Waals surface area contributed by atoms with Crippen LogP contribution in [-0.2, 0) is 9.59 Å². The molecule has 0 bridgehead atoms. The molecule has 0 radical (unpaired) electrons. The standard InChI is InChI=1S/C20H34N2O2/c1-5-7-12-19(23)22-15(4)13-17(20(24)21-14(3)6-2)16-10-8-9-11-18(16)22/h5,14-18H,1,6-13H2,2-4H3,(H,21,24)/t14-,15-,16-,17+,18+/m1/s1. The number of amides is 2. The summed E-state index contributed by atoms with van der Waals surface area (Å²) in [5.74, 6) is 0.820. The highest BCUT2D eigenvalue weighted by Gasteiger charge is 2.46. The summed E-state index contributed by atoms with van der Waals surface area (Å²) in [6.07, 6.45) is 9.29. The average Bonchev–Trinajstić information content (AvgIpc) is 2.58. The second-order valence-corrected chi connectivity index (χ2v) is 7.65. The van der Waals surface area contributed by atoms with Crippen LogP contribution in [0.4, 0.5) is 0 Å². The fourth-order valence-electron chi connectivity index (χ4n) is 4.48. The zero-order valence-corrected chi connectivity index (χ0v) is 15.6. The molecule has 2 amide bonds. The summed E-state index contributed by atoms with van der Waals surface area (Å²) in [4.78, 5) is 27.6. The molecular formula is C20H34N2O2. The van der Waals surface area contributed by atoms with Gasteiger partial charge in [-0.1, -0.05) is 25.8 Å². The lowest BCUT2D eigenvalue weighted by Gasteiger charge is -2.51. The van der Waals surface area contributed by atoms with Gasteiger partial charge in [0, 0.05) is 30.5 Å². The molecule has 5 atom stereocenters. The first-order valence-electron chi connectivity index (χ1n) is 9.72. The van der Waals surface area contributed by atoms with Crippen LogP contribution in [0.5, 0.6) is 0 Å². The quantitative estimate of drug-likeness (QED) is 0.754. The number of allylic oxidation sites excluding steroid dienone is 1. The molecule has 1 saturated carbocycles. The van der Waals surface area contributed by atoms with E-state index in [0.29, 0.717) is 12.3 Å². The summed E-state index contributed by atoms with van der Waals surface area (Å²) in [6, 6.07) is 0.615. The summed E-state index contributed by atoms with van der Waals surface area (Å²) < 4.78 is 0. The van der Waals surface area contributed by atoms with Crippen molar-refractivity contribution in [2.75, 3.05) is 0 Å². The van der Waals surface area contributed by atoms with Crippen molar-refractivity contribution in [1.82, 2.24) is 10.2 Å². The Morgan fingerprint density at radius 3 is 2.71 bits per heavy atom. The molecule has 1 aliphatic heterocycles. The van der Waals surface area contributed by atoms with Crippen LogP contribution >= 0.6 is 0 Å². The molecule has 1 N–H and O–H groups in total. The summed E-state index contributed by atoms with van der Waals surface area (Å²) in [7, 11) is 0. The molecule has 0 unspecified atom stereocenters. The van der Waals surface area contributed by atoms with E-state index in [9.17, 15) is 9.59 Å². The number of nitrogens with zero attached hydrogens (tertiary/aromatic N) is 1. The van der Waals surface area contributed by atoms with Gasteiger partial charge in [0.2, 0.25) is 11.8 Å². The zero-order chi connectivity index (χ0) is 17.7. The lowest BCUT2D eigenvalue weighted by Crippen LogP contribution is -2.59. The van der Waals surface area contributed by atoms with Crippen molar-refractivity contribution in [2.45, 2.75) is 90.3 Å². The molecule has 1 heterocycles. The maximum atomic E-state index is 12.8. The summed E-state index contributed by atoms with van der Waals surface area (Å²) in [6.45, 7) is 9.99. The predicted molar refractivity (Wildman–Crippen MR) is 97.5 cm³/mol. The Kier molecular flexibility index (Phi) is 6.88. The van der Waals surface area contributed by atoms with Gasteiger partial charge >= 0.3 is 0 Å². The number of carbonyl (C=O) groups is 2. The molecular weight excluding hydrogens is 300 g/mol. The Morgan fingerprint density at radius 2 is 2.04 bits per heavy atom. The van der Waals surface area contributed by atoms with Crippen LogP contribution in [0, 0.1) is 11.8 Å². The number of hydrogen-bond acceptors (Lipinski definition) is 2. The summed E-state index contributed by atoms with van der Waals surface area (Å²) in [5, 5.41) is 3.18. The highest BCUT2D eigenvalue weighted by atomic mass is 16.2. The minimum atomic E-state index is 0.0581. The Labute approximate surface area is 147 Å².